The van der Waals surface area contributed by atoms with Gasteiger partial charge in [-0.1, -0.05) is 24.4 Å². The van der Waals surface area contributed by atoms with E-state index in [1.165, 1.54) is 25.7 Å². The first-order valence-electron chi connectivity index (χ1n) is 6.21. The van der Waals surface area contributed by atoms with Crippen LogP contribution in [-0.2, 0) is 0 Å². The van der Waals surface area contributed by atoms with E-state index in [4.69, 9.17) is 11.6 Å². The van der Waals surface area contributed by atoms with Gasteiger partial charge in [0.2, 0.25) is 0 Å². The van der Waals surface area contributed by atoms with Crippen molar-refractivity contribution in [1.82, 2.24) is 19.6 Å². The van der Waals surface area contributed by atoms with Crippen molar-refractivity contribution in [1.29, 1.82) is 0 Å². The Bertz CT molecular complexity index is 567. The molecule has 4 rings (SSSR count). The van der Waals surface area contributed by atoms with Gasteiger partial charge in [-0.2, -0.15) is 0 Å². The first-order valence-corrected chi connectivity index (χ1v) is 6.59. The van der Waals surface area contributed by atoms with E-state index in [0.29, 0.717) is 16.7 Å². The molecule has 0 aliphatic heterocycles. The van der Waals surface area contributed by atoms with E-state index in [9.17, 15) is 0 Å². The number of halogens is 1. The molecule has 0 amide bonds. The SMILES string of the molecule is Clc1nccn2c(C3C4CCCCC43)nnc12. The monoisotopic (exact) mass is 248 g/mol. The molecule has 88 valence electrons. The molecular formula is C12H13ClN4. The fourth-order valence-electron chi connectivity index (χ4n) is 3.42. The predicted molar refractivity (Wildman–Crippen MR) is 64.0 cm³/mol. The van der Waals surface area contributed by atoms with Gasteiger partial charge < -0.3 is 0 Å². The molecule has 2 aromatic rings. The second-order valence-corrected chi connectivity index (χ2v) is 5.47. The predicted octanol–water partition coefficient (Wildman–Crippen LogP) is 2.68. The van der Waals surface area contributed by atoms with Gasteiger partial charge in [-0.15, -0.1) is 10.2 Å². The van der Waals surface area contributed by atoms with Crippen molar-refractivity contribution in [2.24, 2.45) is 11.8 Å². The number of hydrogen-bond acceptors (Lipinski definition) is 3. The molecule has 2 aromatic heterocycles. The van der Waals surface area contributed by atoms with Crippen molar-refractivity contribution in [3.63, 3.8) is 0 Å². The Kier molecular flexibility index (Phi) is 1.98. The van der Waals surface area contributed by atoms with Crippen LogP contribution in [0.25, 0.3) is 5.65 Å². The minimum absolute atomic E-state index is 0.440. The summed E-state index contributed by atoms with van der Waals surface area (Å²) in [6, 6.07) is 0. The van der Waals surface area contributed by atoms with Gasteiger partial charge in [0.05, 0.1) is 0 Å². The maximum absolute atomic E-state index is 6.01. The summed E-state index contributed by atoms with van der Waals surface area (Å²) in [4.78, 5) is 4.03. The third-order valence-corrected chi connectivity index (χ3v) is 4.53. The number of hydrogen-bond donors (Lipinski definition) is 0. The zero-order valence-corrected chi connectivity index (χ0v) is 10.1. The van der Waals surface area contributed by atoms with Crippen LogP contribution in [0.4, 0.5) is 0 Å². The Balaban J connectivity index is 1.80. The lowest BCUT2D eigenvalue weighted by Crippen LogP contribution is -1.95. The molecule has 5 heteroatoms. The van der Waals surface area contributed by atoms with Crippen LogP contribution >= 0.6 is 11.6 Å². The van der Waals surface area contributed by atoms with Crippen molar-refractivity contribution >= 4 is 17.2 Å². The van der Waals surface area contributed by atoms with Gasteiger partial charge in [0, 0.05) is 18.3 Å². The van der Waals surface area contributed by atoms with Gasteiger partial charge in [-0.05, 0) is 24.7 Å². The molecule has 0 N–H and O–H groups in total. The van der Waals surface area contributed by atoms with Crippen molar-refractivity contribution in [3.8, 4) is 0 Å². The summed E-state index contributed by atoms with van der Waals surface area (Å²) in [5, 5.41) is 8.93. The molecule has 2 aliphatic carbocycles. The number of rotatable bonds is 1. The Labute approximate surface area is 104 Å². The zero-order chi connectivity index (χ0) is 11.4. The fraction of sp³-hybridized carbons (Fsp3) is 0.583. The van der Waals surface area contributed by atoms with Gasteiger partial charge in [-0.3, -0.25) is 4.40 Å². The van der Waals surface area contributed by atoms with Crippen LogP contribution in [0.5, 0.6) is 0 Å². The largest absolute Gasteiger partial charge is 0.282 e. The Morgan fingerprint density at radius 2 is 1.94 bits per heavy atom. The van der Waals surface area contributed by atoms with Crippen LogP contribution in [0.2, 0.25) is 5.15 Å². The van der Waals surface area contributed by atoms with Gasteiger partial charge in [0.25, 0.3) is 0 Å². The Morgan fingerprint density at radius 3 is 2.71 bits per heavy atom. The molecule has 17 heavy (non-hydrogen) atoms. The molecule has 0 saturated heterocycles. The molecule has 0 spiro atoms. The van der Waals surface area contributed by atoms with Crippen LogP contribution in [-0.4, -0.2) is 19.6 Å². The maximum atomic E-state index is 6.01. The first kappa shape index (κ1) is 9.83. The highest BCUT2D eigenvalue weighted by Gasteiger charge is 2.53. The molecule has 2 saturated carbocycles. The van der Waals surface area contributed by atoms with Gasteiger partial charge in [0.1, 0.15) is 5.82 Å². The smallest absolute Gasteiger partial charge is 0.198 e. The molecule has 2 fully saturated rings. The molecule has 2 atom stereocenters. The van der Waals surface area contributed by atoms with E-state index >= 15 is 0 Å². The average Bonchev–Trinajstić information content (AvgIpc) is 2.92. The lowest BCUT2D eigenvalue weighted by atomic mass is 10.0. The lowest BCUT2D eigenvalue weighted by Gasteiger charge is -2.04. The highest BCUT2D eigenvalue weighted by molar-refractivity contribution is 6.32. The molecular weight excluding hydrogens is 236 g/mol. The maximum Gasteiger partial charge on any atom is 0.198 e. The van der Waals surface area contributed by atoms with E-state index in [2.05, 4.69) is 15.2 Å². The second-order valence-electron chi connectivity index (χ2n) is 5.11. The Morgan fingerprint density at radius 1 is 1.18 bits per heavy atom. The average molecular weight is 249 g/mol. The molecule has 4 nitrogen and oxygen atoms in total. The standard InChI is InChI=1S/C12H13ClN4/c13-10-12-16-15-11(17(12)6-5-14-10)9-7-3-1-2-4-8(7)9/h5-9H,1-4H2. The van der Waals surface area contributed by atoms with E-state index in [-0.39, 0.29) is 0 Å². The summed E-state index contributed by atoms with van der Waals surface area (Å²) in [7, 11) is 0. The van der Waals surface area contributed by atoms with E-state index in [0.717, 1.165) is 17.7 Å². The lowest BCUT2D eigenvalue weighted by molar-refractivity contribution is 0.480. The van der Waals surface area contributed by atoms with E-state index in [1.54, 1.807) is 6.20 Å². The van der Waals surface area contributed by atoms with Crippen LogP contribution in [0.15, 0.2) is 12.4 Å². The minimum Gasteiger partial charge on any atom is -0.282 e. The van der Waals surface area contributed by atoms with Crippen LogP contribution in [0, 0.1) is 11.8 Å². The topological polar surface area (TPSA) is 43.1 Å². The summed E-state index contributed by atoms with van der Waals surface area (Å²) < 4.78 is 2.01. The first-order chi connectivity index (χ1) is 8.36. The fourth-order valence-corrected chi connectivity index (χ4v) is 3.60. The highest BCUT2D eigenvalue weighted by Crippen LogP contribution is 2.60. The van der Waals surface area contributed by atoms with Crippen molar-refractivity contribution in [2.75, 3.05) is 0 Å². The highest BCUT2D eigenvalue weighted by atomic mass is 35.5. The third-order valence-electron chi connectivity index (χ3n) is 4.26. The van der Waals surface area contributed by atoms with E-state index in [1.807, 2.05) is 10.6 Å². The summed E-state index contributed by atoms with van der Waals surface area (Å²) >= 11 is 6.01. The van der Waals surface area contributed by atoms with Crippen LogP contribution in [0.1, 0.15) is 37.4 Å². The molecule has 0 bridgehead atoms. The van der Waals surface area contributed by atoms with Crippen LogP contribution in [0.3, 0.4) is 0 Å². The van der Waals surface area contributed by atoms with Gasteiger partial charge in [-0.25, -0.2) is 4.98 Å². The molecule has 0 radical (unpaired) electrons. The van der Waals surface area contributed by atoms with Gasteiger partial charge in [0.15, 0.2) is 10.8 Å². The third kappa shape index (κ3) is 1.33. The molecule has 2 unspecified atom stereocenters. The second kappa shape index (κ2) is 3.42. The summed E-state index contributed by atoms with van der Waals surface area (Å²) in [5.74, 6) is 3.36. The molecule has 2 aliphatic rings. The van der Waals surface area contributed by atoms with Crippen LogP contribution < -0.4 is 0 Å². The van der Waals surface area contributed by atoms with Crippen molar-refractivity contribution in [3.05, 3.63) is 23.4 Å². The zero-order valence-electron chi connectivity index (χ0n) is 9.38. The van der Waals surface area contributed by atoms with Crippen molar-refractivity contribution < 1.29 is 0 Å². The molecule has 0 aromatic carbocycles. The summed E-state index contributed by atoms with van der Waals surface area (Å²) in [6.45, 7) is 0. The molecule has 2 heterocycles. The summed E-state index contributed by atoms with van der Waals surface area (Å²) in [5.41, 5.74) is 0.688. The Hall–Kier alpha value is -1.16. The van der Waals surface area contributed by atoms with E-state index < -0.39 is 0 Å². The van der Waals surface area contributed by atoms with Crippen molar-refractivity contribution in [2.45, 2.75) is 31.6 Å². The number of fused-ring (bicyclic) bond motifs is 2. The minimum atomic E-state index is 0.440. The quantitative estimate of drug-likeness (QED) is 0.779. The normalized spacial score (nSPS) is 31.5. The summed E-state index contributed by atoms with van der Waals surface area (Å²) in [6.07, 6.45) is 9.08. The number of nitrogens with zero attached hydrogens (tertiary/aromatic N) is 4. The number of aromatic nitrogens is 4. The van der Waals surface area contributed by atoms with Gasteiger partial charge >= 0.3 is 0 Å².